The zero-order valence-electron chi connectivity index (χ0n) is 14.9. The third-order valence-corrected chi connectivity index (χ3v) is 4.51. The van der Waals surface area contributed by atoms with Crippen molar-refractivity contribution in [1.29, 1.82) is 0 Å². The summed E-state index contributed by atoms with van der Waals surface area (Å²) in [6, 6.07) is 3.66. The van der Waals surface area contributed by atoms with Gasteiger partial charge in [-0.2, -0.15) is 0 Å². The van der Waals surface area contributed by atoms with Crippen molar-refractivity contribution in [2.75, 3.05) is 19.8 Å². The summed E-state index contributed by atoms with van der Waals surface area (Å²) in [6.45, 7) is 8.34. The number of benzene rings is 1. The van der Waals surface area contributed by atoms with Crippen LogP contribution in [0.25, 0.3) is 6.08 Å². The molecule has 0 bridgehead atoms. The molecule has 1 aromatic carbocycles. The first-order valence-electron chi connectivity index (χ1n) is 8.27. The molecular weight excluding hydrogens is 350 g/mol. The second-order valence-electron chi connectivity index (χ2n) is 5.35. The Morgan fingerprint density at radius 3 is 2.65 bits per heavy atom. The SMILES string of the molecule is C#CCOc1c(CC=C)cc(/C=C2/SC(=O)N(CC)C2=O)cc1OCC. The van der Waals surface area contributed by atoms with Crippen molar-refractivity contribution in [1.82, 2.24) is 4.90 Å². The second-order valence-corrected chi connectivity index (χ2v) is 6.35. The maximum Gasteiger partial charge on any atom is 0.293 e. The molecule has 1 saturated heterocycles. The molecule has 2 amide bonds. The summed E-state index contributed by atoms with van der Waals surface area (Å²) in [5, 5.41) is -0.255. The van der Waals surface area contributed by atoms with Gasteiger partial charge in [0.25, 0.3) is 11.1 Å². The lowest BCUT2D eigenvalue weighted by atomic mass is 10.0. The van der Waals surface area contributed by atoms with Crippen LogP contribution in [-0.4, -0.2) is 35.8 Å². The molecule has 0 aliphatic carbocycles. The minimum Gasteiger partial charge on any atom is -0.490 e. The number of nitrogens with zero attached hydrogens (tertiary/aromatic N) is 1. The Labute approximate surface area is 158 Å². The smallest absolute Gasteiger partial charge is 0.293 e. The summed E-state index contributed by atoms with van der Waals surface area (Å²) in [6.07, 6.45) is 9.30. The molecule has 1 aliphatic heterocycles. The van der Waals surface area contributed by atoms with Gasteiger partial charge in [0.05, 0.1) is 11.5 Å². The fourth-order valence-corrected chi connectivity index (χ4v) is 3.44. The van der Waals surface area contributed by atoms with Crippen LogP contribution in [0.3, 0.4) is 0 Å². The molecule has 0 unspecified atom stereocenters. The van der Waals surface area contributed by atoms with Gasteiger partial charge >= 0.3 is 0 Å². The average Bonchev–Trinajstić information content (AvgIpc) is 2.88. The van der Waals surface area contributed by atoms with Gasteiger partial charge < -0.3 is 9.47 Å². The molecule has 1 fully saturated rings. The largest absolute Gasteiger partial charge is 0.490 e. The summed E-state index contributed by atoms with van der Waals surface area (Å²) in [5.41, 5.74) is 1.60. The maximum atomic E-state index is 12.3. The fraction of sp³-hybridized carbons (Fsp3) is 0.300. The second kappa shape index (κ2) is 9.16. The van der Waals surface area contributed by atoms with Crippen LogP contribution in [0.4, 0.5) is 4.79 Å². The van der Waals surface area contributed by atoms with Crippen LogP contribution in [0.15, 0.2) is 29.7 Å². The van der Waals surface area contributed by atoms with Gasteiger partial charge in [-0.3, -0.25) is 14.5 Å². The molecule has 0 N–H and O–H groups in total. The first-order valence-corrected chi connectivity index (χ1v) is 9.09. The number of carbonyl (C=O) groups excluding carboxylic acids is 2. The highest BCUT2D eigenvalue weighted by Gasteiger charge is 2.33. The predicted molar refractivity (Wildman–Crippen MR) is 104 cm³/mol. The van der Waals surface area contributed by atoms with Crippen molar-refractivity contribution in [2.24, 2.45) is 0 Å². The highest BCUT2D eigenvalue weighted by Crippen LogP contribution is 2.37. The number of likely N-dealkylation sites (N-methyl/N-ethyl adjacent to an activating group) is 1. The Bertz CT molecular complexity index is 792. The molecule has 1 aliphatic rings. The van der Waals surface area contributed by atoms with E-state index in [4.69, 9.17) is 15.9 Å². The third kappa shape index (κ3) is 4.30. The number of carbonyl (C=O) groups is 2. The molecule has 6 heteroatoms. The normalized spacial score (nSPS) is 15.3. The summed E-state index contributed by atoms with van der Waals surface area (Å²) >= 11 is 0.938. The van der Waals surface area contributed by atoms with E-state index in [1.54, 1.807) is 25.1 Å². The number of imide groups is 1. The Morgan fingerprint density at radius 1 is 1.31 bits per heavy atom. The molecule has 5 nitrogen and oxygen atoms in total. The van der Waals surface area contributed by atoms with Crippen molar-refractivity contribution >= 4 is 29.0 Å². The van der Waals surface area contributed by atoms with E-state index >= 15 is 0 Å². The minimum absolute atomic E-state index is 0.124. The van der Waals surface area contributed by atoms with Crippen molar-refractivity contribution in [3.05, 3.63) is 40.8 Å². The van der Waals surface area contributed by atoms with E-state index < -0.39 is 0 Å². The van der Waals surface area contributed by atoms with E-state index in [0.29, 0.717) is 36.0 Å². The van der Waals surface area contributed by atoms with Gasteiger partial charge in [-0.1, -0.05) is 12.0 Å². The lowest BCUT2D eigenvalue weighted by molar-refractivity contribution is -0.122. The van der Waals surface area contributed by atoms with Gasteiger partial charge in [0.1, 0.15) is 6.61 Å². The van der Waals surface area contributed by atoms with Crippen molar-refractivity contribution in [3.8, 4) is 23.8 Å². The minimum atomic E-state index is -0.279. The Morgan fingerprint density at radius 2 is 2.08 bits per heavy atom. The van der Waals surface area contributed by atoms with Gasteiger partial charge in [-0.25, -0.2) is 0 Å². The number of terminal acetylenes is 1. The van der Waals surface area contributed by atoms with Gasteiger partial charge in [0.2, 0.25) is 0 Å². The number of ether oxygens (including phenoxy) is 2. The molecule has 0 aromatic heterocycles. The molecule has 1 heterocycles. The maximum absolute atomic E-state index is 12.3. The molecule has 0 atom stereocenters. The topological polar surface area (TPSA) is 55.8 Å². The average molecular weight is 371 g/mol. The highest BCUT2D eigenvalue weighted by atomic mass is 32.2. The van der Waals surface area contributed by atoms with Crippen molar-refractivity contribution in [3.63, 3.8) is 0 Å². The van der Waals surface area contributed by atoms with Crippen LogP contribution in [0.1, 0.15) is 25.0 Å². The first kappa shape index (κ1) is 19.7. The van der Waals surface area contributed by atoms with Crippen LogP contribution in [0.5, 0.6) is 11.5 Å². The Hall–Kier alpha value is -2.65. The number of hydrogen-bond acceptors (Lipinski definition) is 5. The van der Waals surface area contributed by atoms with E-state index in [-0.39, 0.29) is 17.8 Å². The standard InChI is InChI=1S/C20H21NO4S/c1-5-9-15-11-14(12-16(24-8-4)18(15)25-10-6-2)13-17-19(22)21(7-3)20(23)26-17/h2,5,11-13H,1,7-10H2,3-4H3/b17-13+. The zero-order chi connectivity index (χ0) is 19.1. The molecule has 136 valence electrons. The molecule has 0 radical (unpaired) electrons. The molecule has 1 aromatic rings. The Balaban J connectivity index is 2.48. The molecule has 26 heavy (non-hydrogen) atoms. The van der Waals surface area contributed by atoms with Gasteiger partial charge in [0, 0.05) is 12.1 Å². The molecular formula is C20H21NO4S. The van der Waals surface area contributed by atoms with Crippen LogP contribution >= 0.6 is 11.8 Å². The van der Waals surface area contributed by atoms with Crippen LogP contribution in [0, 0.1) is 12.3 Å². The van der Waals surface area contributed by atoms with E-state index in [0.717, 1.165) is 22.9 Å². The number of thioether (sulfide) groups is 1. The van der Waals surface area contributed by atoms with Gasteiger partial charge in [-0.15, -0.1) is 13.0 Å². The molecule has 0 saturated carbocycles. The monoisotopic (exact) mass is 371 g/mol. The van der Waals surface area contributed by atoms with E-state index in [1.165, 1.54) is 4.90 Å². The van der Waals surface area contributed by atoms with Crippen LogP contribution in [-0.2, 0) is 11.2 Å². The highest BCUT2D eigenvalue weighted by molar-refractivity contribution is 8.18. The van der Waals surface area contributed by atoms with Gasteiger partial charge in [0.15, 0.2) is 11.5 Å². The lowest BCUT2D eigenvalue weighted by Crippen LogP contribution is -2.27. The number of hydrogen-bond donors (Lipinski definition) is 0. The van der Waals surface area contributed by atoms with Crippen molar-refractivity contribution < 1.29 is 19.1 Å². The van der Waals surface area contributed by atoms with E-state index in [9.17, 15) is 9.59 Å². The predicted octanol–water partition coefficient (Wildman–Crippen LogP) is 3.88. The molecule has 0 spiro atoms. The lowest BCUT2D eigenvalue weighted by Gasteiger charge is -2.15. The first-order chi connectivity index (χ1) is 12.5. The summed E-state index contributed by atoms with van der Waals surface area (Å²) < 4.78 is 11.3. The van der Waals surface area contributed by atoms with Gasteiger partial charge in [-0.05, 0) is 55.8 Å². The van der Waals surface area contributed by atoms with E-state index in [1.807, 2.05) is 13.0 Å². The Kier molecular flexibility index (Phi) is 6.93. The summed E-state index contributed by atoms with van der Waals surface area (Å²) in [4.78, 5) is 25.8. The van der Waals surface area contributed by atoms with E-state index in [2.05, 4.69) is 12.5 Å². The quantitative estimate of drug-likeness (QED) is 0.394. The summed E-state index contributed by atoms with van der Waals surface area (Å²) in [7, 11) is 0. The summed E-state index contributed by atoms with van der Waals surface area (Å²) in [5.74, 6) is 3.28. The number of rotatable bonds is 8. The number of allylic oxidation sites excluding steroid dienone is 1. The third-order valence-electron chi connectivity index (χ3n) is 3.61. The molecule has 2 rings (SSSR count). The van der Waals surface area contributed by atoms with Crippen molar-refractivity contribution in [2.45, 2.75) is 20.3 Å². The number of amides is 2. The van der Waals surface area contributed by atoms with Crippen LogP contribution < -0.4 is 9.47 Å². The zero-order valence-corrected chi connectivity index (χ0v) is 15.7. The van der Waals surface area contributed by atoms with Crippen LogP contribution in [0.2, 0.25) is 0 Å². The fourth-order valence-electron chi connectivity index (χ4n) is 2.54.